The van der Waals surface area contributed by atoms with Crippen LogP contribution in [-0.2, 0) is 4.79 Å². The first-order valence-electron chi connectivity index (χ1n) is 6.32. The Balaban J connectivity index is 1.96. The molecule has 0 aliphatic heterocycles. The fourth-order valence-electron chi connectivity index (χ4n) is 2.03. The van der Waals surface area contributed by atoms with E-state index in [1.807, 2.05) is 54.0 Å². The van der Waals surface area contributed by atoms with Crippen molar-refractivity contribution in [2.24, 2.45) is 0 Å². The molecule has 5 nitrogen and oxygen atoms in total. The second kappa shape index (κ2) is 4.77. The highest BCUT2D eigenvalue weighted by Crippen LogP contribution is 2.20. The molecule has 0 aliphatic carbocycles. The summed E-state index contributed by atoms with van der Waals surface area (Å²) in [7, 11) is 0. The van der Waals surface area contributed by atoms with Gasteiger partial charge in [-0.2, -0.15) is 0 Å². The van der Waals surface area contributed by atoms with Crippen LogP contribution in [0.2, 0.25) is 0 Å². The number of aromatic nitrogens is 3. The lowest BCUT2D eigenvalue weighted by Crippen LogP contribution is -2.05. The second-order valence-corrected chi connectivity index (χ2v) is 4.66. The molecule has 20 heavy (non-hydrogen) atoms. The Hall–Kier alpha value is -2.69. The van der Waals surface area contributed by atoms with E-state index in [4.69, 9.17) is 0 Å². The van der Waals surface area contributed by atoms with Crippen molar-refractivity contribution in [3.8, 4) is 11.3 Å². The van der Waals surface area contributed by atoms with E-state index in [2.05, 4.69) is 15.3 Å². The molecule has 0 spiro atoms. The Morgan fingerprint density at radius 3 is 2.60 bits per heavy atom. The van der Waals surface area contributed by atoms with E-state index >= 15 is 0 Å². The largest absolute Gasteiger partial charge is 0.326 e. The first-order valence-corrected chi connectivity index (χ1v) is 6.32. The topological polar surface area (TPSA) is 59.3 Å². The number of carbonyl (C=O) groups excluding carboxylic acids is 1. The lowest BCUT2D eigenvalue weighted by Gasteiger charge is -2.02. The van der Waals surface area contributed by atoms with Crippen LogP contribution in [0.5, 0.6) is 0 Å². The van der Waals surface area contributed by atoms with Gasteiger partial charge in [0.05, 0.1) is 5.69 Å². The summed E-state index contributed by atoms with van der Waals surface area (Å²) in [6.45, 7) is 3.43. The van der Waals surface area contributed by atoms with Crippen molar-refractivity contribution < 1.29 is 4.79 Å². The number of rotatable bonds is 2. The van der Waals surface area contributed by atoms with Crippen LogP contribution in [0.1, 0.15) is 12.6 Å². The normalized spacial score (nSPS) is 10.7. The van der Waals surface area contributed by atoms with Gasteiger partial charge in [0.25, 0.3) is 0 Å². The number of hydrogen-bond acceptors (Lipinski definition) is 3. The molecule has 0 radical (unpaired) electrons. The van der Waals surface area contributed by atoms with Gasteiger partial charge in [0, 0.05) is 36.3 Å². The fraction of sp³-hybridized carbons (Fsp3) is 0.133. The molecule has 1 amide bonds. The number of fused-ring (bicyclic) bond motifs is 1. The minimum Gasteiger partial charge on any atom is -0.326 e. The number of nitrogens with zero attached hydrogens (tertiary/aromatic N) is 3. The minimum absolute atomic E-state index is 0.0786. The second-order valence-electron chi connectivity index (χ2n) is 4.66. The maximum Gasteiger partial charge on any atom is 0.234 e. The quantitative estimate of drug-likeness (QED) is 0.775. The van der Waals surface area contributed by atoms with E-state index in [9.17, 15) is 4.79 Å². The summed E-state index contributed by atoms with van der Waals surface area (Å²) in [4.78, 5) is 19.9. The first-order chi connectivity index (χ1) is 9.61. The van der Waals surface area contributed by atoms with E-state index in [1.54, 1.807) is 0 Å². The average Bonchev–Trinajstić information content (AvgIpc) is 2.81. The van der Waals surface area contributed by atoms with Crippen LogP contribution in [0.15, 0.2) is 42.7 Å². The van der Waals surface area contributed by atoms with Gasteiger partial charge in [-0.25, -0.2) is 9.97 Å². The van der Waals surface area contributed by atoms with Crippen molar-refractivity contribution in [3.05, 3.63) is 48.4 Å². The lowest BCUT2D eigenvalue weighted by atomic mass is 10.1. The Bertz CT molecular complexity index is 774. The van der Waals surface area contributed by atoms with Crippen LogP contribution in [0.25, 0.3) is 17.0 Å². The number of hydrogen-bond donors (Lipinski definition) is 1. The van der Waals surface area contributed by atoms with Gasteiger partial charge >= 0.3 is 0 Å². The third kappa shape index (κ3) is 2.38. The van der Waals surface area contributed by atoms with E-state index in [0.717, 1.165) is 22.6 Å². The fourth-order valence-corrected chi connectivity index (χ4v) is 2.03. The van der Waals surface area contributed by atoms with Crippen LogP contribution in [0.3, 0.4) is 0 Å². The van der Waals surface area contributed by atoms with E-state index < -0.39 is 0 Å². The van der Waals surface area contributed by atoms with Gasteiger partial charge in [-0.1, -0.05) is 12.1 Å². The molecule has 2 heterocycles. The molecule has 3 rings (SSSR count). The van der Waals surface area contributed by atoms with Crippen LogP contribution in [0, 0.1) is 6.92 Å². The SMILES string of the molecule is CC(=O)Nc1ccc(-c2cn3ccc(C)nc3n2)cc1. The molecule has 0 saturated carbocycles. The van der Waals surface area contributed by atoms with Crippen molar-refractivity contribution in [3.63, 3.8) is 0 Å². The average molecular weight is 266 g/mol. The van der Waals surface area contributed by atoms with Gasteiger partial charge in [0.15, 0.2) is 0 Å². The molecule has 1 aromatic carbocycles. The summed E-state index contributed by atoms with van der Waals surface area (Å²) in [5, 5.41) is 2.74. The highest BCUT2D eigenvalue weighted by molar-refractivity contribution is 5.88. The standard InChI is InChI=1S/C15H14N4O/c1-10-7-8-19-9-14(18-15(19)16-10)12-3-5-13(6-4-12)17-11(2)20/h3-9H,1-2H3,(H,17,20). The van der Waals surface area contributed by atoms with Crippen LogP contribution >= 0.6 is 0 Å². The molecule has 100 valence electrons. The van der Waals surface area contributed by atoms with Crippen molar-refractivity contribution in [2.45, 2.75) is 13.8 Å². The summed E-state index contributed by atoms with van der Waals surface area (Å²) in [6, 6.07) is 9.52. The van der Waals surface area contributed by atoms with E-state index in [0.29, 0.717) is 5.78 Å². The molecule has 2 aromatic heterocycles. The number of aryl methyl sites for hydroxylation is 1. The molecule has 3 aromatic rings. The smallest absolute Gasteiger partial charge is 0.234 e. The summed E-state index contributed by atoms with van der Waals surface area (Å²) in [5.74, 6) is 0.607. The number of benzene rings is 1. The molecule has 0 atom stereocenters. The Morgan fingerprint density at radius 1 is 1.15 bits per heavy atom. The minimum atomic E-state index is -0.0786. The predicted molar refractivity (Wildman–Crippen MR) is 77.5 cm³/mol. The molecule has 0 aliphatic rings. The van der Waals surface area contributed by atoms with Gasteiger partial charge in [0.2, 0.25) is 11.7 Å². The van der Waals surface area contributed by atoms with Gasteiger partial charge in [-0.3, -0.25) is 9.20 Å². The zero-order valence-electron chi connectivity index (χ0n) is 11.3. The Morgan fingerprint density at radius 2 is 1.90 bits per heavy atom. The number of anilines is 1. The number of carbonyl (C=O) groups is 1. The summed E-state index contributed by atoms with van der Waals surface area (Å²) in [5.41, 5.74) is 3.56. The van der Waals surface area contributed by atoms with E-state index in [-0.39, 0.29) is 5.91 Å². The van der Waals surface area contributed by atoms with Crippen LogP contribution in [-0.4, -0.2) is 20.3 Å². The zero-order valence-corrected chi connectivity index (χ0v) is 11.3. The van der Waals surface area contributed by atoms with Gasteiger partial charge in [0.1, 0.15) is 0 Å². The highest BCUT2D eigenvalue weighted by Gasteiger charge is 2.05. The summed E-state index contributed by atoms with van der Waals surface area (Å²) < 4.78 is 1.89. The highest BCUT2D eigenvalue weighted by atomic mass is 16.1. The summed E-state index contributed by atoms with van der Waals surface area (Å²) >= 11 is 0. The molecule has 0 bridgehead atoms. The lowest BCUT2D eigenvalue weighted by molar-refractivity contribution is -0.114. The third-order valence-corrected chi connectivity index (χ3v) is 2.97. The molecule has 0 fully saturated rings. The van der Waals surface area contributed by atoms with Gasteiger partial charge in [-0.05, 0) is 25.1 Å². The van der Waals surface area contributed by atoms with Crippen molar-refractivity contribution >= 4 is 17.4 Å². The Labute approximate surface area is 116 Å². The van der Waals surface area contributed by atoms with Crippen molar-refractivity contribution in [1.82, 2.24) is 14.4 Å². The monoisotopic (exact) mass is 266 g/mol. The summed E-state index contributed by atoms with van der Waals surface area (Å²) in [6.07, 6.45) is 3.88. The van der Waals surface area contributed by atoms with Crippen molar-refractivity contribution in [2.75, 3.05) is 5.32 Å². The van der Waals surface area contributed by atoms with Crippen molar-refractivity contribution in [1.29, 1.82) is 0 Å². The van der Waals surface area contributed by atoms with Crippen LogP contribution < -0.4 is 5.32 Å². The van der Waals surface area contributed by atoms with Gasteiger partial charge < -0.3 is 5.32 Å². The third-order valence-electron chi connectivity index (χ3n) is 2.97. The molecule has 1 N–H and O–H groups in total. The number of imidazole rings is 1. The molecular formula is C15H14N4O. The maximum absolute atomic E-state index is 11.0. The molecule has 5 heteroatoms. The predicted octanol–water partition coefficient (Wildman–Crippen LogP) is 2.66. The number of amides is 1. The molecule has 0 saturated heterocycles. The maximum atomic E-state index is 11.0. The van der Waals surface area contributed by atoms with Crippen LogP contribution in [0.4, 0.5) is 5.69 Å². The van der Waals surface area contributed by atoms with E-state index in [1.165, 1.54) is 6.92 Å². The first kappa shape index (κ1) is 12.3. The number of nitrogens with one attached hydrogen (secondary N) is 1. The molecule has 0 unspecified atom stereocenters. The van der Waals surface area contributed by atoms with Gasteiger partial charge in [-0.15, -0.1) is 0 Å². The zero-order chi connectivity index (χ0) is 14.1. The molecular weight excluding hydrogens is 252 g/mol. The Kier molecular flexibility index (Phi) is 2.95.